The molecule has 7 aliphatic heterocycles. The van der Waals surface area contributed by atoms with Crippen LogP contribution in [-0.4, -0.2) is 151 Å². The number of fused-ring (bicyclic) bond motifs is 8. The fourth-order valence-corrected chi connectivity index (χ4v) is 22.9. The Morgan fingerprint density at radius 3 is 1.32 bits per heavy atom. The first-order chi connectivity index (χ1) is 52.0. The Morgan fingerprint density at radius 2 is 0.880 bits per heavy atom. The Labute approximate surface area is 664 Å². The van der Waals surface area contributed by atoms with Crippen LogP contribution in [0.4, 0.5) is 34.1 Å². The van der Waals surface area contributed by atoms with Crippen molar-refractivity contribution in [1.29, 1.82) is 0 Å². The maximum absolute atomic E-state index is 11.6. The normalized spacial score (nSPS) is 15.3. The van der Waals surface area contributed by atoms with E-state index in [9.17, 15) is 27.4 Å². The Kier molecular flexibility index (Phi) is 31.3. The number of carbonyl (C=O) groups is 3. The summed E-state index contributed by atoms with van der Waals surface area (Å²) in [5.41, 5.74) is 16.8. The van der Waals surface area contributed by atoms with E-state index in [1.54, 1.807) is 5.19 Å². The number of ether oxygens (including phenoxy) is 3. The molecule has 0 N–H and O–H groups in total. The zero-order valence-corrected chi connectivity index (χ0v) is 72.3. The van der Waals surface area contributed by atoms with Gasteiger partial charge in [-0.05, 0) is 203 Å². The number of unbranched alkanes of at least 4 members (excludes halogenated alkanes) is 8. The fraction of sp³-hybridized carbons (Fsp3) is 0.552. The molecule has 7 aliphatic rings. The van der Waals surface area contributed by atoms with Crippen LogP contribution in [0.15, 0.2) is 111 Å². The van der Waals surface area contributed by atoms with E-state index in [0.29, 0.717) is 52.0 Å². The third-order valence-electron chi connectivity index (χ3n) is 22.9. The number of esters is 3. The lowest BCUT2D eigenvalue weighted by Crippen LogP contribution is -2.62. The van der Waals surface area contributed by atoms with Gasteiger partial charge in [-0.3, -0.25) is 14.4 Å². The Hall–Kier alpha value is -6.37. The van der Waals surface area contributed by atoms with Gasteiger partial charge in [0.05, 0.1) is 41.0 Å². The van der Waals surface area contributed by atoms with Crippen LogP contribution in [0.3, 0.4) is 0 Å². The van der Waals surface area contributed by atoms with Crippen LogP contribution in [0, 0.1) is 0 Å². The van der Waals surface area contributed by atoms with Crippen molar-refractivity contribution in [3.63, 3.8) is 0 Å². The molecule has 0 unspecified atom stereocenters. The Balaban J connectivity index is 0.000000161. The lowest BCUT2D eigenvalue weighted by molar-refractivity contribution is -0.144. The van der Waals surface area contributed by atoms with Crippen molar-refractivity contribution in [2.24, 2.45) is 4.99 Å². The van der Waals surface area contributed by atoms with Crippen LogP contribution >= 0.6 is 31.9 Å². The topological polar surface area (TPSA) is 168 Å². The van der Waals surface area contributed by atoms with Crippen LogP contribution in [0.1, 0.15) is 177 Å². The predicted molar refractivity (Wildman–Crippen MR) is 457 cm³/mol. The number of carbonyl (C=O) groups excluding carboxylic acids is 3. The molecule has 16 nitrogen and oxygen atoms in total. The predicted octanol–water partition coefficient (Wildman–Crippen LogP) is 13.9. The summed E-state index contributed by atoms with van der Waals surface area (Å²) in [4.78, 5) is 52.0. The van der Waals surface area contributed by atoms with Gasteiger partial charge in [-0.25, -0.2) is 18.0 Å². The van der Waals surface area contributed by atoms with Gasteiger partial charge < -0.3 is 43.3 Å². The van der Waals surface area contributed by atoms with Crippen LogP contribution < -0.4 is 60.5 Å². The van der Waals surface area contributed by atoms with Gasteiger partial charge in [-0.1, -0.05) is 144 Å². The molecule has 0 saturated carbocycles. The second-order valence-electron chi connectivity index (χ2n) is 31.2. The zero-order chi connectivity index (χ0) is 77.0. The highest BCUT2D eigenvalue weighted by atomic mass is 79.9. The molecule has 7 heterocycles. The molecule has 0 aliphatic carbocycles. The van der Waals surface area contributed by atoms with Crippen LogP contribution in [0.2, 0.25) is 26.2 Å². The largest absolute Gasteiger partial charge is 0.748 e. The molecule has 0 aromatic heterocycles. The number of nitrogens with zero attached hydrogens (tertiary/aromatic N) is 7. The quantitative estimate of drug-likeness (QED) is 0.00953. The lowest BCUT2D eigenvalue weighted by atomic mass is 10.1. The van der Waals surface area contributed by atoms with Gasteiger partial charge in [0, 0.05) is 152 Å². The summed E-state index contributed by atoms with van der Waals surface area (Å²) in [7, 11) is -7.76. The summed E-state index contributed by atoms with van der Waals surface area (Å²) in [6, 6.07) is 37.1. The molecular weight excluding hydrogens is 1540 g/mol. The van der Waals surface area contributed by atoms with E-state index in [0.717, 1.165) is 157 Å². The number of halogens is 2. The smallest absolute Gasteiger partial charge is 0.305 e. The average Bonchev–Trinajstić information content (AvgIpc) is 1.16. The van der Waals surface area contributed by atoms with Crippen LogP contribution in [0.25, 0.3) is 0 Å². The minimum Gasteiger partial charge on any atom is -0.748 e. The van der Waals surface area contributed by atoms with E-state index in [1.165, 1.54) is 140 Å². The first kappa shape index (κ1) is 84.1. The SMILES string of the molecule is CCCCN1CCc2cc3c(cc21)[Si](C)(C)c1cc2c(cc1=N3)CC[N+]=2CCCCCC(=O)OCC.CCCCN1CCc2ccc([Si](C)(C)c3ccc4c(c3)N(CCCCCC(=O)OCC)CC4)cc21.CCOC(=O)CCCCCN1CCc2ccc(Br)cc21.O=S(=O)([O-])CCCN1CCc2ccc(Br)cc21. The highest BCUT2D eigenvalue weighted by Gasteiger charge is 2.38. The van der Waals surface area contributed by atoms with Crippen molar-refractivity contribution >= 4 is 131 Å². The molecule has 0 saturated heterocycles. The molecule has 0 radical (unpaired) electrons. The first-order valence-electron chi connectivity index (χ1n) is 40.8. The fourth-order valence-electron chi connectivity index (χ4n) is 16.6. The van der Waals surface area contributed by atoms with E-state index >= 15 is 0 Å². The first-order valence-corrected chi connectivity index (χ1v) is 50.0. The van der Waals surface area contributed by atoms with E-state index < -0.39 is 26.3 Å². The third-order valence-corrected chi connectivity index (χ3v) is 31.6. The van der Waals surface area contributed by atoms with Crippen molar-refractivity contribution in [3.05, 3.63) is 150 Å². The summed E-state index contributed by atoms with van der Waals surface area (Å²) < 4.78 is 51.3. The Morgan fingerprint density at radius 1 is 0.472 bits per heavy atom. The van der Waals surface area contributed by atoms with Gasteiger partial charge in [-0.2, -0.15) is 0 Å². The number of benzene rings is 6. The van der Waals surface area contributed by atoms with E-state index in [4.69, 9.17) is 19.2 Å². The molecule has 6 aromatic carbocycles. The summed E-state index contributed by atoms with van der Waals surface area (Å²) in [5, 5.41) is 8.70. The molecule has 0 spiro atoms. The third kappa shape index (κ3) is 22.5. The summed E-state index contributed by atoms with van der Waals surface area (Å²) in [5.74, 6) is -0.475. The molecule has 0 fully saturated rings. The molecule has 0 bridgehead atoms. The Bertz CT molecular complexity index is 4330. The van der Waals surface area contributed by atoms with Gasteiger partial charge in [0.2, 0.25) is 5.36 Å². The standard InChI is InChI=1S/C30H42N3O2Si.C30H44N2O2Si.C16H22BrNO2.C11H14BrNO3S/c1-5-7-14-32-16-12-22-18-24-28(20-26(22)32)36(3,4)29-21-27-23(19-25(29)31-24)13-17-33(27)15-10-8-9-11-30(34)35-6-2;1-5-7-18-31-20-16-24-12-14-26(22-28(24)31)35(3,4)27-15-13-25-17-21-32(29(25)23-27)19-10-8-9-11-30(33)34-6-2;1-2-20-16(19)6-4-3-5-10-18-11-9-13-7-8-14(17)12-15(13)18;12-10-3-2-9-4-6-13(11(9)8-10)5-1-7-17(14,15)16/h18-21H,5-17H2,1-4H3;12-15,22-23H,5-11,16-21H2,1-4H3;7-8,12H,2-6,9-11H2,1H3;2-3,8H,1,4-7H2,(H,14,15,16)/q+1;;;/p-1. The second-order valence-corrected chi connectivity index (χ2v) is 43.3. The summed E-state index contributed by atoms with van der Waals surface area (Å²) >= 11 is 6.96. The minimum absolute atomic E-state index is 0.0594. The molecule has 586 valence electrons. The van der Waals surface area contributed by atoms with E-state index in [2.05, 4.69) is 186 Å². The molecule has 0 amide bonds. The molecule has 21 heteroatoms. The minimum atomic E-state index is -4.09. The van der Waals surface area contributed by atoms with Crippen molar-refractivity contribution in [2.45, 2.75) is 208 Å². The number of hydrogen-bond donors (Lipinski definition) is 0. The zero-order valence-electron chi connectivity index (χ0n) is 66.3. The van der Waals surface area contributed by atoms with E-state index in [1.807, 2.05) is 32.9 Å². The van der Waals surface area contributed by atoms with Gasteiger partial charge in [0.15, 0.2) is 0 Å². The maximum atomic E-state index is 11.6. The average molecular weight is 1660 g/mol. The van der Waals surface area contributed by atoms with Gasteiger partial charge in [0.25, 0.3) is 0 Å². The van der Waals surface area contributed by atoms with E-state index in [-0.39, 0.29) is 23.7 Å². The number of anilines is 5. The second kappa shape index (κ2) is 40.2. The highest BCUT2D eigenvalue weighted by Crippen LogP contribution is 2.36. The molecule has 0 atom stereocenters. The molecule has 108 heavy (non-hydrogen) atoms. The molecule has 13 rings (SSSR count). The van der Waals surface area contributed by atoms with Gasteiger partial charge >= 0.3 is 17.9 Å². The highest BCUT2D eigenvalue weighted by molar-refractivity contribution is 9.10. The van der Waals surface area contributed by atoms with Crippen molar-refractivity contribution in [1.82, 2.24) is 4.58 Å². The lowest BCUT2D eigenvalue weighted by Gasteiger charge is -2.30. The summed E-state index contributed by atoms with van der Waals surface area (Å²) in [6.07, 6.45) is 23.1. The van der Waals surface area contributed by atoms with Gasteiger partial charge in [-0.15, -0.1) is 0 Å². The maximum Gasteiger partial charge on any atom is 0.305 e. The van der Waals surface area contributed by atoms with Crippen LogP contribution in [-0.2, 0) is 77.2 Å². The van der Waals surface area contributed by atoms with Crippen LogP contribution in [0.5, 0.6) is 0 Å². The van der Waals surface area contributed by atoms with Crippen molar-refractivity contribution < 1.29 is 41.6 Å². The monoisotopic (exact) mass is 1650 g/mol. The summed E-state index contributed by atoms with van der Waals surface area (Å²) in [6.45, 7) is 34.3. The molecule has 6 aromatic rings. The van der Waals surface area contributed by atoms with Gasteiger partial charge in [0.1, 0.15) is 29.2 Å². The number of hydrogen-bond acceptors (Lipinski definition) is 15. The number of rotatable bonds is 33. The van der Waals surface area contributed by atoms with Crippen molar-refractivity contribution in [3.8, 4) is 0 Å². The molecular formula is C87H121Br2N7O9SSi2. The van der Waals surface area contributed by atoms with Crippen molar-refractivity contribution in [2.75, 3.05) is 129 Å².